The minimum absolute atomic E-state index is 0.0629. The molecule has 1 saturated heterocycles. The quantitative estimate of drug-likeness (QED) is 0.420. The average molecular weight is 498 g/mol. The number of nitrogens with zero attached hydrogens (tertiary/aromatic N) is 1. The molecule has 2 aliphatic rings. The maximum absolute atomic E-state index is 13.4. The molecule has 0 aromatic carbocycles. The molecule has 9 heteroatoms. The first-order chi connectivity index (χ1) is 15.0. The van der Waals surface area contributed by atoms with Gasteiger partial charge in [0.25, 0.3) is 0 Å². The van der Waals surface area contributed by atoms with Crippen LogP contribution in [0.2, 0.25) is 0 Å². The molecule has 0 aromatic rings. The van der Waals surface area contributed by atoms with Gasteiger partial charge in [0.1, 0.15) is 17.7 Å². The van der Waals surface area contributed by atoms with Gasteiger partial charge in [-0.25, -0.2) is 9.59 Å². The van der Waals surface area contributed by atoms with Gasteiger partial charge < -0.3 is 19.7 Å². The van der Waals surface area contributed by atoms with Crippen LogP contribution < -0.4 is 5.32 Å². The highest BCUT2D eigenvalue weighted by molar-refractivity contribution is 6.40. The highest BCUT2D eigenvalue weighted by Crippen LogP contribution is 2.31. The number of hydrogen-bond acceptors (Lipinski definition) is 5. The zero-order valence-corrected chi connectivity index (χ0v) is 22.2. The molecule has 1 saturated carbocycles. The molecule has 2 rings (SSSR count). The normalized spacial score (nSPS) is 21.8. The molecule has 1 aliphatic carbocycles. The van der Waals surface area contributed by atoms with E-state index in [1.54, 1.807) is 25.7 Å². The Kier molecular flexibility index (Phi) is 15.0. The minimum Gasteiger partial charge on any atom is -0.467 e. The molecule has 0 aromatic heterocycles. The Balaban J connectivity index is 0.00000177. The first-order valence-electron chi connectivity index (χ1n) is 11.5. The fourth-order valence-electron chi connectivity index (χ4n) is 4.11. The van der Waals surface area contributed by atoms with Gasteiger partial charge in [-0.2, -0.15) is 0 Å². The van der Waals surface area contributed by atoms with E-state index in [1.165, 1.54) is 7.11 Å². The molecule has 0 spiro atoms. The van der Waals surface area contributed by atoms with E-state index in [4.69, 9.17) is 32.7 Å². The summed E-state index contributed by atoms with van der Waals surface area (Å²) in [6, 6.07) is -1.25. The highest BCUT2D eigenvalue weighted by Gasteiger charge is 2.43. The van der Waals surface area contributed by atoms with Crippen molar-refractivity contribution in [1.82, 2.24) is 10.2 Å². The van der Waals surface area contributed by atoms with Crippen molar-refractivity contribution >= 4 is 41.2 Å². The van der Waals surface area contributed by atoms with E-state index in [1.807, 2.05) is 20.8 Å². The van der Waals surface area contributed by atoms with Gasteiger partial charge in [-0.15, -0.1) is 23.2 Å². The molecule has 1 heterocycles. The standard InChI is InChI=1S/C20H34N2O5.C2H6.CH2Cl2/c1-13-11-15(18(24)26-5)22(12-13)17(23)16(14-9-7-6-8-10-14)21-19(25)27-20(2,3)4;1-2;2-1-3/h13-16H,6-12H2,1-5H3,(H,21,25);1-2H3;1H2/t13-,15?,16+;;/m1../s1. The van der Waals surface area contributed by atoms with Crippen molar-refractivity contribution in [3.05, 3.63) is 0 Å². The SMILES string of the molecule is CC.COC(=O)C1C[C@@H](C)CN1C(=O)[C@@H](NC(=O)OC(C)(C)C)C1CCCCC1.ClCCl. The molecule has 2 amide bonds. The third-order valence-corrected chi connectivity index (χ3v) is 5.33. The number of alkyl carbamates (subject to hydrolysis) is 1. The molecule has 32 heavy (non-hydrogen) atoms. The van der Waals surface area contributed by atoms with Crippen molar-refractivity contribution in [2.24, 2.45) is 11.8 Å². The van der Waals surface area contributed by atoms with Crippen LogP contribution in [-0.4, -0.2) is 59.5 Å². The van der Waals surface area contributed by atoms with E-state index in [9.17, 15) is 14.4 Å². The number of esters is 1. The summed E-state index contributed by atoms with van der Waals surface area (Å²) >= 11 is 9.53. The van der Waals surface area contributed by atoms with E-state index in [2.05, 4.69) is 5.32 Å². The maximum Gasteiger partial charge on any atom is 0.408 e. The molecule has 1 unspecified atom stereocenters. The van der Waals surface area contributed by atoms with Crippen molar-refractivity contribution in [3.63, 3.8) is 0 Å². The number of carbonyl (C=O) groups is 3. The molecule has 188 valence electrons. The molecule has 0 bridgehead atoms. The lowest BCUT2D eigenvalue weighted by molar-refractivity contribution is -0.152. The van der Waals surface area contributed by atoms with E-state index >= 15 is 0 Å². The summed E-state index contributed by atoms with van der Waals surface area (Å²) in [5, 5.41) is 3.00. The lowest BCUT2D eigenvalue weighted by Crippen LogP contribution is -2.55. The van der Waals surface area contributed by atoms with Crippen LogP contribution in [0, 0.1) is 11.8 Å². The Bertz CT molecular complexity index is 577. The Labute approximate surface area is 203 Å². The number of halogens is 2. The third-order valence-electron chi connectivity index (χ3n) is 5.33. The number of nitrogens with one attached hydrogen (secondary N) is 1. The number of rotatable bonds is 4. The van der Waals surface area contributed by atoms with E-state index in [-0.39, 0.29) is 23.1 Å². The van der Waals surface area contributed by atoms with Crippen LogP contribution in [0.25, 0.3) is 0 Å². The number of likely N-dealkylation sites (tertiary alicyclic amines) is 1. The number of alkyl halides is 2. The summed E-state index contributed by atoms with van der Waals surface area (Å²) in [7, 11) is 1.34. The number of ether oxygens (including phenoxy) is 2. The van der Waals surface area contributed by atoms with E-state index in [0.29, 0.717) is 13.0 Å². The zero-order chi connectivity index (χ0) is 24.9. The van der Waals surface area contributed by atoms with E-state index < -0.39 is 29.7 Å². The van der Waals surface area contributed by atoms with Gasteiger partial charge in [0.15, 0.2) is 0 Å². The number of methoxy groups -OCH3 is 1. The van der Waals surface area contributed by atoms with Gasteiger partial charge in [0, 0.05) is 6.54 Å². The van der Waals surface area contributed by atoms with Crippen LogP contribution in [0.3, 0.4) is 0 Å². The summed E-state index contributed by atoms with van der Waals surface area (Å²) in [6.07, 6.45) is 5.00. The van der Waals surface area contributed by atoms with Crippen LogP contribution in [0.5, 0.6) is 0 Å². The van der Waals surface area contributed by atoms with Crippen LogP contribution in [0.15, 0.2) is 0 Å². The molecule has 1 N–H and O–H groups in total. The van der Waals surface area contributed by atoms with Crippen molar-refractivity contribution in [2.45, 2.75) is 97.8 Å². The first-order valence-corrected chi connectivity index (χ1v) is 12.6. The molecule has 3 atom stereocenters. The lowest BCUT2D eigenvalue weighted by atomic mass is 9.83. The Morgan fingerprint density at radius 1 is 1.09 bits per heavy atom. The van der Waals surface area contributed by atoms with Gasteiger partial charge in [-0.3, -0.25) is 4.79 Å². The van der Waals surface area contributed by atoms with E-state index in [0.717, 1.165) is 32.1 Å². The summed E-state index contributed by atoms with van der Waals surface area (Å²) in [6.45, 7) is 11.9. The second-order valence-corrected chi connectivity index (χ2v) is 9.80. The van der Waals surface area contributed by atoms with Crippen LogP contribution in [0.4, 0.5) is 4.79 Å². The van der Waals surface area contributed by atoms with Crippen LogP contribution >= 0.6 is 23.2 Å². The third kappa shape index (κ3) is 10.6. The largest absolute Gasteiger partial charge is 0.467 e. The molecular weight excluding hydrogens is 455 g/mol. The molecule has 2 fully saturated rings. The monoisotopic (exact) mass is 496 g/mol. The highest BCUT2D eigenvalue weighted by atomic mass is 35.5. The summed E-state index contributed by atoms with van der Waals surface area (Å²) in [5.74, 6) is -0.320. The molecular formula is C23H42Cl2N2O5. The fraction of sp³-hybridized carbons (Fsp3) is 0.870. The van der Waals surface area contributed by atoms with Crippen molar-refractivity contribution in [3.8, 4) is 0 Å². The predicted octanol–water partition coefficient (Wildman–Crippen LogP) is 5.32. The Morgan fingerprint density at radius 3 is 2.09 bits per heavy atom. The molecule has 7 nitrogen and oxygen atoms in total. The van der Waals surface area contributed by atoms with Crippen LogP contribution in [-0.2, 0) is 19.1 Å². The van der Waals surface area contributed by atoms with Gasteiger partial charge in [0.05, 0.1) is 12.4 Å². The summed E-state index contributed by atoms with van der Waals surface area (Å²) in [5.41, 5.74) is -0.638. The molecule has 0 radical (unpaired) electrons. The second-order valence-electron chi connectivity index (χ2n) is 8.99. The topological polar surface area (TPSA) is 84.9 Å². The smallest absolute Gasteiger partial charge is 0.408 e. The Morgan fingerprint density at radius 2 is 1.62 bits per heavy atom. The van der Waals surface area contributed by atoms with Crippen LogP contribution in [0.1, 0.15) is 80.1 Å². The predicted molar refractivity (Wildman–Crippen MR) is 129 cm³/mol. The Hall–Kier alpha value is -1.21. The number of amides is 2. The lowest BCUT2D eigenvalue weighted by Gasteiger charge is -2.34. The van der Waals surface area contributed by atoms with Gasteiger partial charge >= 0.3 is 12.1 Å². The molecule has 1 aliphatic heterocycles. The van der Waals surface area contributed by atoms with Crippen molar-refractivity contribution in [2.75, 3.05) is 19.0 Å². The van der Waals surface area contributed by atoms with Gasteiger partial charge in [-0.1, -0.05) is 40.0 Å². The van der Waals surface area contributed by atoms with Crippen molar-refractivity contribution < 1.29 is 23.9 Å². The summed E-state index contributed by atoms with van der Waals surface area (Å²) < 4.78 is 10.3. The zero-order valence-electron chi connectivity index (χ0n) is 20.7. The average Bonchev–Trinajstić information content (AvgIpc) is 3.14. The number of carbonyl (C=O) groups excluding carboxylic acids is 3. The van der Waals surface area contributed by atoms with Crippen molar-refractivity contribution in [1.29, 1.82) is 0 Å². The first kappa shape index (κ1) is 30.8. The van der Waals surface area contributed by atoms with Gasteiger partial charge in [-0.05, 0) is 51.9 Å². The number of hydrogen-bond donors (Lipinski definition) is 1. The minimum atomic E-state index is -0.669. The summed E-state index contributed by atoms with van der Waals surface area (Å²) in [4.78, 5) is 39.5. The second kappa shape index (κ2) is 15.6. The van der Waals surface area contributed by atoms with Gasteiger partial charge in [0.2, 0.25) is 5.91 Å². The fourth-order valence-corrected chi connectivity index (χ4v) is 4.11. The maximum atomic E-state index is 13.4.